The van der Waals surface area contributed by atoms with Gasteiger partial charge in [-0.05, 0) is 51.4 Å². The van der Waals surface area contributed by atoms with Crippen LogP contribution >= 0.6 is 0 Å². The predicted molar refractivity (Wildman–Crippen MR) is 238 cm³/mol. The van der Waals surface area contributed by atoms with E-state index in [0.717, 1.165) is 51.4 Å². The molecule has 7 N–H and O–H groups in total. The van der Waals surface area contributed by atoms with Crippen molar-refractivity contribution in [3.05, 3.63) is 36.5 Å². The fourth-order valence-electron chi connectivity index (χ4n) is 7.34. The molecule has 15 heteroatoms. The predicted octanol–water partition coefficient (Wildman–Crippen LogP) is 5.76. The zero-order valence-corrected chi connectivity index (χ0v) is 38.3. The Kier molecular flexibility index (Phi) is 32.4. The van der Waals surface area contributed by atoms with Crippen LogP contribution in [0, 0.1) is 0 Å². The lowest BCUT2D eigenvalue weighted by Crippen LogP contribution is -2.61. The summed E-state index contributed by atoms with van der Waals surface area (Å²) in [7, 11) is 0. The first-order valence-electron chi connectivity index (χ1n) is 24.1. The highest BCUT2D eigenvalue weighted by Gasteiger charge is 2.47. The van der Waals surface area contributed by atoms with Gasteiger partial charge in [0.2, 0.25) is 0 Å². The first-order valence-corrected chi connectivity index (χ1v) is 24.1. The van der Waals surface area contributed by atoms with E-state index in [9.17, 15) is 45.3 Å². The van der Waals surface area contributed by atoms with Gasteiger partial charge in [0.05, 0.1) is 19.8 Å². The van der Waals surface area contributed by atoms with Gasteiger partial charge >= 0.3 is 11.9 Å². The van der Waals surface area contributed by atoms with Crippen molar-refractivity contribution in [2.45, 2.75) is 229 Å². The number of unbranched alkanes of at least 4 members (excludes halogenated alkanes) is 16. The standard InChI is InChI=1S/C48H84O15/c1-3-5-7-9-11-13-15-17-18-19-21-22-24-26-28-30-39(50)58-33-36(61-40(51)31-29-27-25-23-20-16-14-12-10-8-6-4-2)34-59-47-46(57)44(55)42(53)38(63-47)35-60-48-45(56)43(54)41(52)37(32-49)62-48/h11,13,17-18,21-22,36-38,41-49,52-57H,3-10,12,14-16,19-20,23-35H2,1-2H3/b13-11+,18-17+,22-21+/t36-,37-,38-,41+,42+,43?,44?,45?,46?,47-,48-/m1/s1. The SMILES string of the molecule is CCCCC/C=C/C/C=C/C/C=C/CCCCC(=O)OC[C@H](CO[C@@H]1O[C@H](CO[C@@H]2O[C@H](CO)[C@H](O)C(O)C2O)[C@H](O)C(O)C1O)OC(=O)CCCCCCCCCCCCCC. The molecule has 11 atom stereocenters. The molecule has 2 aliphatic heterocycles. The van der Waals surface area contributed by atoms with E-state index < -0.39 is 99.3 Å². The Balaban J connectivity index is 1.86. The first-order chi connectivity index (χ1) is 30.5. The molecular formula is C48H84O15. The van der Waals surface area contributed by atoms with Gasteiger partial charge in [-0.3, -0.25) is 9.59 Å². The average molecular weight is 901 g/mol. The Morgan fingerprint density at radius 3 is 1.52 bits per heavy atom. The van der Waals surface area contributed by atoms with Crippen molar-refractivity contribution >= 4 is 11.9 Å². The molecule has 0 aromatic rings. The molecule has 0 spiro atoms. The summed E-state index contributed by atoms with van der Waals surface area (Å²) in [6, 6.07) is 0. The highest BCUT2D eigenvalue weighted by Crippen LogP contribution is 2.26. The highest BCUT2D eigenvalue weighted by atomic mass is 16.7. The van der Waals surface area contributed by atoms with Gasteiger partial charge in [0, 0.05) is 12.8 Å². The van der Waals surface area contributed by atoms with Crippen molar-refractivity contribution in [2.24, 2.45) is 0 Å². The zero-order chi connectivity index (χ0) is 46.1. The van der Waals surface area contributed by atoms with E-state index in [2.05, 4.69) is 50.3 Å². The molecule has 0 aromatic heterocycles. The third kappa shape index (κ3) is 24.7. The van der Waals surface area contributed by atoms with Crippen LogP contribution in [-0.2, 0) is 38.0 Å². The van der Waals surface area contributed by atoms with Crippen LogP contribution < -0.4 is 0 Å². The summed E-state index contributed by atoms with van der Waals surface area (Å²) < 4.78 is 33.4. The summed E-state index contributed by atoms with van der Waals surface area (Å²) in [5.74, 6) is -0.969. The van der Waals surface area contributed by atoms with Gasteiger partial charge in [0.15, 0.2) is 18.7 Å². The maximum atomic E-state index is 12.9. The van der Waals surface area contributed by atoms with Crippen LogP contribution in [0.3, 0.4) is 0 Å². The van der Waals surface area contributed by atoms with E-state index in [1.807, 2.05) is 0 Å². The van der Waals surface area contributed by atoms with Crippen LogP contribution in [0.5, 0.6) is 0 Å². The quantitative estimate of drug-likeness (QED) is 0.0225. The Hall–Kier alpha value is -2.28. The van der Waals surface area contributed by atoms with Crippen molar-refractivity contribution in [1.82, 2.24) is 0 Å². The van der Waals surface area contributed by atoms with E-state index in [-0.39, 0.29) is 19.4 Å². The summed E-state index contributed by atoms with van der Waals surface area (Å²) in [5.41, 5.74) is 0. The molecule has 2 rings (SSSR count). The van der Waals surface area contributed by atoms with Gasteiger partial charge in [-0.15, -0.1) is 0 Å². The minimum atomic E-state index is -1.77. The zero-order valence-electron chi connectivity index (χ0n) is 38.3. The molecule has 0 aromatic carbocycles. The van der Waals surface area contributed by atoms with Crippen molar-refractivity contribution in [1.29, 1.82) is 0 Å². The number of hydrogen-bond acceptors (Lipinski definition) is 15. The molecule has 0 bridgehead atoms. The third-order valence-corrected chi connectivity index (χ3v) is 11.4. The van der Waals surface area contributed by atoms with Crippen LogP contribution in [0.25, 0.3) is 0 Å². The molecule has 0 saturated carbocycles. The maximum Gasteiger partial charge on any atom is 0.306 e. The lowest BCUT2D eigenvalue weighted by Gasteiger charge is -2.42. The smallest absolute Gasteiger partial charge is 0.306 e. The monoisotopic (exact) mass is 901 g/mol. The number of carbonyl (C=O) groups excluding carboxylic acids is 2. The summed E-state index contributed by atoms with van der Waals surface area (Å²) in [4.78, 5) is 25.6. The summed E-state index contributed by atoms with van der Waals surface area (Å²) >= 11 is 0. The Bertz CT molecular complexity index is 1240. The number of carbonyl (C=O) groups is 2. The molecule has 15 nitrogen and oxygen atoms in total. The lowest BCUT2D eigenvalue weighted by atomic mass is 9.98. The van der Waals surface area contributed by atoms with Crippen LogP contribution in [0.15, 0.2) is 36.5 Å². The minimum Gasteiger partial charge on any atom is -0.462 e. The Morgan fingerprint density at radius 1 is 0.508 bits per heavy atom. The Labute approximate surface area is 376 Å². The number of aliphatic hydroxyl groups excluding tert-OH is 7. The van der Waals surface area contributed by atoms with Crippen molar-refractivity contribution in [3.8, 4) is 0 Å². The minimum absolute atomic E-state index is 0.159. The van der Waals surface area contributed by atoms with Crippen LogP contribution in [0.4, 0.5) is 0 Å². The largest absolute Gasteiger partial charge is 0.462 e. The second kappa shape index (κ2) is 35.9. The van der Waals surface area contributed by atoms with Gasteiger partial charge in [-0.25, -0.2) is 0 Å². The van der Waals surface area contributed by atoms with Gasteiger partial charge < -0.3 is 64.2 Å². The van der Waals surface area contributed by atoms with E-state index in [4.69, 9.17) is 28.4 Å². The normalized spacial score (nSPS) is 27.1. The molecule has 0 radical (unpaired) electrons. The van der Waals surface area contributed by atoms with E-state index in [0.29, 0.717) is 12.8 Å². The van der Waals surface area contributed by atoms with E-state index in [1.54, 1.807) is 0 Å². The number of allylic oxidation sites excluding steroid dienone is 6. The van der Waals surface area contributed by atoms with E-state index >= 15 is 0 Å². The molecule has 0 aliphatic carbocycles. The number of esters is 2. The molecule has 2 fully saturated rings. The second-order valence-corrected chi connectivity index (χ2v) is 16.9. The molecule has 2 aliphatic rings. The fraction of sp³-hybridized carbons (Fsp3) is 0.833. The lowest BCUT2D eigenvalue weighted by molar-refractivity contribution is -0.332. The van der Waals surface area contributed by atoms with Gasteiger partial charge in [0.1, 0.15) is 55.4 Å². The number of rotatable bonds is 36. The maximum absolute atomic E-state index is 12.9. The molecule has 63 heavy (non-hydrogen) atoms. The Morgan fingerprint density at radius 2 is 0.952 bits per heavy atom. The van der Waals surface area contributed by atoms with Crippen molar-refractivity contribution < 1.29 is 73.8 Å². The topological polar surface area (TPSA) is 231 Å². The average Bonchev–Trinajstić information content (AvgIpc) is 3.28. The van der Waals surface area contributed by atoms with Gasteiger partial charge in [-0.2, -0.15) is 0 Å². The third-order valence-electron chi connectivity index (χ3n) is 11.4. The van der Waals surface area contributed by atoms with Crippen LogP contribution in [-0.4, -0.2) is 142 Å². The van der Waals surface area contributed by atoms with E-state index in [1.165, 1.54) is 70.6 Å². The number of aliphatic hydroxyl groups is 7. The summed E-state index contributed by atoms with van der Waals surface area (Å²) in [5, 5.41) is 71.9. The molecule has 366 valence electrons. The fourth-order valence-corrected chi connectivity index (χ4v) is 7.34. The number of hydrogen-bond donors (Lipinski definition) is 7. The summed E-state index contributed by atoms with van der Waals surface area (Å²) in [6.45, 7) is 2.50. The molecule has 2 saturated heterocycles. The molecule has 0 amide bonds. The first kappa shape index (κ1) is 56.8. The molecule has 2 heterocycles. The van der Waals surface area contributed by atoms with Gasteiger partial charge in [0.25, 0.3) is 0 Å². The van der Waals surface area contributed by atoms with Gasteiger partial charge in [-0.1, -0.05) is 134 Å². The van der Waals surface area contributed by atoms with Crippen molar-refractivity contribution in [3.63, 3.8) is 0 Å². The highest BCUT2D eigenvalue weighted by molar-refractivity contribution is 5.70. The van der Waals surface area contributed by atoms with Crippen LogP contribution in [0.2, 0.25) is 0 Å². The number of ether oxygens (including phenoxy) is 6. The summed E-state index contributed by atoms with van der Waals surface area (Å²) in [6.07, 6.45) is 19.0. The second-order valence-electron chi connectivity index (χ2n) is 16.9. The van der Waals surface area contributed by atoms with Crippen molar-refractivity contribution in [2.75, 3.05) is 26.4 Å². The van der Waals surface area contributed by atoms with Crippen LogP contribution in [0.1, 0.15) is 162 Å². The molecular weight excluding hydrogens is 817 g/mol. The molecule has 4 unspecified atom stereocenters.